The number of thioether (sulfide) groups is 1. The lowest BCUT2D eigenvalue weighted by atomic mass is 10.1. The predicted molar refractivity (Wildman–Crippen MR) is 137 cm³/mol. The smallest absolute Gasteiger partial charge is 0.252 e. The number of anilines is 1. The Morgan fingerprint density at radius 2 is 1.91 bits per heavy atom. The third-order valence-electron chi connectivity index (χ3n) is 5.67. The molecule has 2 amide bonds. The molecular weight excluding hydrogens is 464 g/mol. The van der Waals surface area contributed by atoms with Gasteiger partial charge in [-0.3, -0.25) is 14.5 Å². The molecule has 1 fully saturated rings. The normalized spacial score (nSPS) is 14.3. The van der Waals surface area contributed by atoms with E-state index < -0.39 is 0 Å². The molecule has 0 saturated carbocycles. The zero-order valence-corrected chi connectivity index (χ0v) is 20.3. The zero-order valence-electron chi connectivity index (χ0n) is 18.7. The van der Waals surface area contributed by atoms with Gasteiger partial charge in [-0.15, -0.1) is 23.1 Å². The molecule has 6 nitrogen and oxygen atoms in total. The summed E-state index contributed by atoms with van der Waals surface area (Å²) < 4.78 is 0. The molecule has 2 heterocycles. The SMILES string of the molecule is N#Cc1cccc(NC(=O)CSc2ccccc2C(=O)NCC(c2cccs2)N2CCCC2)c1. The van der Waals surface area contributed by atoms with Gasteiger partial charge in [-0.2, -0.15) is 5.26 Å². The highest BCUT2D eigenvalue weighted by atomic mass is 32.2. The predicted octanol–water partition coefficient (Wildman–Crippen LogP) is 4.92. The van der Waals surface area contributed by atoms with Crippen molar-refractivity contribution in [2.75, 3.05) is 30.7 Å². The summed E-state index contributed by atoms with van der Waals surface area (Å²) in [6.07, 6.45) is 2.39. The molecular formula is C26H26N4O2S2. The van der Waals surface area contributed by atoms with Crippen molar-refractivity contribution in [2.45, 2.75) is 23.8 Å². The monoisotopic (exact) mass is 490 g/mol. The van der Waals surface area contributed by atoms with Crippen LogP contribution in [0.15, 0.2) is 70.9 Å². The van der Waals surface area contributed by atoms with E-state index in [1.54, 1.807) is 41.7 Å². The van der Waals surface area contributed by atoms with Gasteiger partial charge in [-0.05, 0) is 67.7 Å². The van der Waals surface area contributed by atoms with Gasteiger partial charge in [-0.1, -0.05) is 24.3 Å². The van der Waals surface area contributed by atoms with E-state index in [4.69, 9.17) is 5.26 Å². The first-order valence-electron chi connectivity index (χ1n) is 11.2. The summed E-state index contributed by atoms with van der Waals surface area (Å²) >= 11 is 3.05. The van der Waals surface area contributed by atoms with Gasteiger partial charge in [0.05, 0.1) is 29.0 Å². The third-order valence-corrected chi connectivity index (χ3v) is 7.72. The van der Waals surface area contributed by atoms with Crippen molar-refractivity contribution in [2.24, 2.45) is 0 Å². The Hall–Kier alpha value is -3.12. The average molecular weight is 491 g/mol. The van der Waals surface area contributed by atoms with Crippen LogP contribution in [0.1, 0.15) is 39.7 Å². The lowest BCUT2D eigenvalue weighted by molar-refractivity contribution is -0.113. The molecule has 0 radical (unpaired) electrons. The molecule has 1 saturated heterocycles. The summed E-state index contributed by atoms with van der Waals surface area (Å²) in [5.41, 5.74) is 1.64. The van der Waals surface area contributed by atoms with E-state index in [0.717, 1.165) is 18.0 Å². The highest BCUT2D eigenvalue weighted by molar-refractivity contribution is 8.00. The van der Waals surface area contributed by atoms with Crippen LogP contribution in [-0.4, -0.2) is 42.1 Å². The maximum absolute atomic E-state index is 13.1. The molecule has 1 aliphatic heterocycles. The van der Waals surface area contributed by atoms with Gasteiger partial charge in [0.25, 0.3) is 5.91 Å². The van der Waals surface area contributed by atoms with E-state index in [2.05, 4.69) is 39.1 Å². The summed E-state index contributed by atoms with van der Waals surface area (Å²) in [6, 6.07) is 20.6. The fourth-order valence-corrected chi connectivity index (χ4v) is 5.73. The molecule has 8 heteroatoms. The first kappa shape index (κ1) is 24.0. The fraction of sp³-hybridized carbons (Fsp3) is 0.269. The molecule has 174 valence electrons. The average Bonchev–Trinajstić information content (AvgIpc) is 3.58. The Morgan fingerprint density at radius 1 is 1.09 bits per heavy atom. The van der Waals surface area contributed by atoms with Crippen LogP contribution < -0.4 is 10.6 Å². The van der Waals surface area contributed by atoms with Gasteiger partial charge in [-0.25, -0.2) is 0 Å². The fourth-order valence-electron chi connectivity index (χ4n) is 4.02. The molecule has 2 aromatic carbocycles. The van der Waals surface area contributed by atoms with Crippen molar-refractivity contribution in [3.05, 3.63) is 82.0 Å². The molecule has 0 spiro atoms. The zero-order chi connectivity index (χ0) is 23.8. The number of nitrogens with one attached hydrogen (secondary N) is 2. The van der Waals surface area contributed by atoms with Gasteiger partial charge in [0, 0.05) is 22.0 Å². The second kappa shape index (κ2) is 11.8. The topological polar surface area (TPSA) is 85.2 Å². The molecule has 4 rings (SSSR count). The van der Waals surface area contributed by atoms with Crippen molar-refractivity contribution in [3.8, 4) is 6.07 Å². The number of amides is 2. The van der Waals surface area contributed by atoms with Gasteiger partial charge in [0.1, 0.15) is 0 Å². The van der Waals surface area contributed by atoms with Crippen LogP contribution in [-0.2, 0) is 4.79 Å². The van der Waals surface area contributed by atoms with E-state index in [1.165, 1.54) is 29.5 Å². The highest BCUT2D eigenvalue weighted by Gasteiger charge is 2.25. The van der Waals surface area contributed by atoms with Crippen LogP contribution >= 0.6 is 23.1 Å². The molecule has 0 bridgehead atoms. The minimum absolute atomic E-state index is 0.133. The second-order valence-electron chi connectivity index (χ2n) is 8.01. The number of hydrogen-bond acceptors (Lipinski definition) is 6. The number of benzene rings is 2. The molecule has 3 aromatic rings. The van der Waals surface area contributed by atoms with Crippen LogP contribution in [0, 0.1) is 11.3 Å². The second-order valence-corrected chi connectivity index (χ2v) is 10.0. The number of likely N-dealkylation sites (tertiary alicyclic amines) is 1. The van der Waals surface area contributed by atoms with E-state index in [1.807, 2.05) is 18.2 Å². The lowest BCUT2D eigenvalue weighted by Crippen LogP contribution is -2.36. The third kappa shape index (κ3) is 6.26. The molecule has 0 aliphatic carbocycles. The van der Waals surface area contributed by atoms with Crippen molar-refractivity contribution >= 4 is 40.6 Å². The number of rotatable bonds is 9. The number of carbonyl (C=O) groups excluding carboxylic acids is 2. The number of thiophene rings is 1. The van der Waals surface area contributed by atoms with E-state index in [-0.39, 0.29) is 23.6 Å². The molecule has 1 aromatic heterocycles. The standard InChI is InChI=1S/C26H26N4O2S2/c27-16-19-7-5-8-20(15-19)29-25(31)18-34-23-10-2-1-9-21(23)26(32)28-17-22(24-11-6-14-33-24)30-12-3-4-13-30/h1-2,5-11,14-15,22H,3-4,12-13,17-18H2,(H,28,32)(H,29,31). The van der Waals surface area contributed by atoms with Gasteiger partial charge >= 0.3 is 0 Å². The number of carbonyl (C=O) groups is 2. The largest absolute Gasteiger partial charge is 0.350 e. The van der Waals surface area contributed by atoms with Crippen LogP contribution in [0.2, 0.25) is 0 Å². The minimum Gasteiger partial charge on any atom is -0.350 e. The van der Waals surface area contributed by atoms with E-state index >= 15 is 0 Å². The van der Waals surface area contributed by atoms with E-state index in [0.29, 0.717) is 23.4 Å². The van der Waals surface area contributed by atoms with Crippen LogP contribution in [0.3, 0.4) is 0 Å². The lowest BCUT2D eigenvalue weighted by Gasteiger charge is -2.27. The Kier molecular flexibility index (Phi) is 8.36. The number of nitrogens with zero attached hydrogens (tertiary/aromatic N) is 2. The number of nitriles is 1. The molecule has 2 N–H and O–H groups in total. The molecule has 1 atom stereocenters. The van der Waals surface area contributed by atoms with Gasteiger partial charge in [0.2, 0.25) is 5.91 Å². The Bertz CT molecular complexity index is 1170. The maximum Gasteiger partial charge on any atom is 0.252 e. The van der Waals surface area contributed by atoms with Crippen LogP contribution in [0.25, 0.3) is 0 Å². The molecule has 1 unspecified atom stereocenters. The summed E-state index contributed by atoms with van der Waals surface area (Å²) in [4.78, 5) is 30.0. The van der Waals surface area contributed by atoms with Crippen molar-refractivity contribution in [1.29, 1.82) is 5.26 Å². The number of hydrogen-bond donors (Lipinski definition) is 2. The van der Waals surface area contributed by atoms with Crippen molar-refractivity contribution < 1.29 is 9.59 Å². The summed E-state index contributed by atoms with van der Waals surface area (Å²) in [6.45, 7) is 2.66. The quantitative estimate of drug-likeness (QED) is 0.416. The van der Waals surface area contributed by atoms with E-state index in [9.17, 15) is 9.59 Å². The highest BCUT2D eigenvalue weighted by Crippen LogP contribution is 2.28. The van der Waals surface area contributed by atoms with Crippen LogP contribution in [0.4, 0.5) is 5.69 Å². The Balaban J connectivity index is 1.36. The van der Waals surface area contributed by atoms with Crippen LogP contribution in [0.5, 0.6) is 0 Å². The summed E-state index contributed by atoms with van der Waals surface area (Å²) in [5.74, 6) is -0.166. The minimum atomic E-state index is -0.193. The maximum atomic E-state index is 13.1. The van der Waals surface area contributed by atoms with Crippen molar-refractivity contribution in [3.63, 3.8) is 0 Å². The van der Waals surface area contributed by atoms with Gasteiger partial charge in [0.15, 0.2) is 0 Å². The molecule has 34 heavy (non-hydrogen) atoms. The van der Waals surface area contributed by atoms with Gasteiger partial charge < -0.3 is 10.6 Å². The van der Waals surface area contributed by atoms with Crippen molar-refractivity contribution in [1.82, 2.24) is 10.2 Å². The summed E-state index contributed by atoms with van der Waals surface area (Å²) in [7, 11) is 0. The first-order chi connectivity index (χ1) is 16.6. The Labute approximate surface area is 208 Å². The summed E-state index contributed by atoms with van der Waals surface area (Å²) in [5, 5.41) is 17.0. The Morgan fingerprint density at radius 3 is 2.68 bits per heavy atom. The molecule has 1 aliphatic rings. The first-order valence-corrected chi connectivity index (χ1v) is 13.1.